The van der Waals surface area contributed by atoms with Gasteiger partial charge in [0.15, 0.2) is 11.6 Å². The Hall–Kier alpha value is -3.83. The highest BCUT2D eigenvalue weighted by Crippen LogP contribution is 2.25. The Balaban J connectivity index is 1.45. The van der Waals surface area contributed by atoms with Crippen LogP contribution in [0.25, 0.3) is 0 Å². The number of likely N-dealkylation sites (N-methyl/N-ethyl adjacent to an activating group) is 1. The number of nitrogens with one attached hydrogen (secondary N) is 2. The van der Waals surface area contributed by atoms with Crippen LogP contribution >= 0.6 is 0 Å². The van der Waals surface area contributed by atoms with Crippen LogP contribution in [-0.4, -0.2) is 59.1 Å². The SMILES string of the molecule is CN1CCN(c2ccc(Nc3ncc(F)c(NN(N)C(=O)c4ccccc4)n3)cc2F)CC1. The molecule has 1 amide bonds. The van der Waals surface area contributed by atoms with Gasteiger partial charge in [0.2, 0.25) is 5.95 Å². The maximum absolute atomic E-state index is 14.7. The highest BCUT2D eigenvalue weighted by molar-refractivity contribution is 5.94. The lowest BCUT2D eigenvalue weighted by atomic mass is 10.2. The van der Waals surface area contributed by atoms with Crippen LogP contribution in [0.1, 0.15) is 10.4 Å². The van der Waals surface area contributed by atoms with Crippen LogP contribution in [0.4, 0.5) is 31.9 Å². The fourth-order valence-electron chi connectivity index (χ4n) is 3.41. The van der Waals surface area contributed by atoms with Crippen LogP contribution in [0.3, 0.4) is 0 Å². The number of nitrogens with two attached hydrogens (primary N) is 1. The van der Waals surface area contributed by atoms with Crippen LogP contribution in [0.2, 0.25) is 0 Å². The molecule has 4 N–H and O–H groups in total. The van der Waals surface area contributed by atoms with Crippen LogP contribution < -0.4 is 21.5 Å². The van der Waals surface area contributed by atoms with Crippen molar-refractivity contribution in [3.05, 3.63) is 71.9 Å². The van der Waals surface area contributed by atoms with Gasteiger partial charge >= 0.3 is 0 Å². The maximum Gasteiger partial charge on any atom is 0.287 e. The van der Waals surface area contributed by atoms with Gasteiger partial charge in [-0.05, 0) is 37.4 Å². The van der Waals surface area contributed by atoms with Crippen molar-refractivity contribution in [3.63, 3.8) is 0 Å². The van der Waals surface area contributed by atoms with E-state index in [2.05, 4.69) is 25.6 Å². The minimum Gasteiger partial charge on any atom is -0.367 e. The number of hydrazine groups is 2. The second-order valence-corrected chi connectivity index (χ2v) is 7.62. The fourth-order valence-corrected chi connectivity index (χ4v) is 3.41. The number of carbonyl (C=O) groups is 1. The van der Waals surface area contributed by atoms with Gasteiger partial charge in [0, 0.05) is 37.4 Å². The third-order valence-electron chi connectivity index (χ3n) is 5.26. The van der Waals surface area contributed by atoms with Gasteiger partial charge in [-0.1, -0.05) is 18.2 Å². The third kappa shape index (κ3) is 5.33. The summed E-state index contributed by atoms with van der Waals surface area (Å²) in [5.74, 6) is 3.66. The summed E-state index contributed by atoms with van der Waals surface area (Å²) in [4.78, 5) is 24.4. The number of piperazine rings is 1. The second-order valence-electron chi connectivity index (χ2n) is 7.62. The number of aromatic nitrogens is 2. The van der Waals surface area contributed by atoms with Crippen LogP contribution in [0.5, 0.6) is 0 Å². The molecule has 9 nitrogen and oxygen atoms in total. The molecule has 11 heteroatoms. The summed E-state index contributed by atoms with van der Waals surface area (Å²) in [6, 6.07) is 13.0. The summed E-state index contributed by atoms with van der Waals surface area (Å²) in [6.45, 7) is 3.22. The van der Waals surface area contributed by atoms with Gasteiger partial charge in [-0.15, -0.1) is 0 Å². The number of halogens is 2. The zero-order valence-corrected chi connectivity index (χ0v) is 18.0. The quantitative estimate of drug-likeness (QED) is 0.297. The van der Waals surface area contributed by atoms with E-state index in [0.717, 1.165) is 32.4 Å². The molecule has 1 fully saturated rings. The Labute approximate surface area is 189 Å². The molecule has 1 saturated heterocycles. The molecule has 0 bridgehead atoms. The zero-order valence-electron chi connectivity index (χ0n) is 18.0. The topological polar surface area (TPSA) is 103 Å². The lowest BCUT2D eigenvalue weighted by Crippen LogP contribution is -2.44. The number of hydrogen-bond donors (Lipinski definition) is 3. The lowest BCUT2D eigenvalue weighted by molar-refractivity contribution is 0.0792. The van der Waals surface area contributed by atoms with Crippen LogP contribution in [-0.2, 0) is 0 Å². The summed E-state index contributed by atoms with van der Waals surface area (Å²) in [5.41, 5.74) is 3.65. The Morgan fingerprint density at radius 1 is 1.06 bits per heavy atom. The Morgan fingerprint density at radius 3 is 2.48 bits per heavy atom. The first kappa shape index (κ1) is 22.4. The van der Waals surface area contributed by atoms with Crippen molar-refractivity contribution in [1.29, 1.82) is 0 Å². The van der Waals surface area contributed by atoms with E-state index in [9.17, 15) is 13.6 Å². The van der Waals surface area contributed by atoms with E-state index in [1.807, 2.05) is 11.9 Å². The molecule has 4 rings (SSSR count). The molecule has 2 heterocycles. The van der Waals surface area contributed by atoms with Crippen molar-refractivity contribution in [1.82, 2.24) is 20.0 Å². The standard InChI is InChI=1S/C22H24F2N8O/c1-30-9-11-31(12-10-30)19-8-7-16(13-17(19)23)27-22-26-14-18(24)20(28-22)29-32(25)21(33)15-5-3-2-4-6-15/h2-8,13-14H,9-12,25H2,1H3,(H2,26,27,28,29). The highest BCUT2D eigenvalue weighted by atomic mass is 19.1. The highest BCUT2D eigenvalue weighted by Gasteiger charge is 2.18. The molecular formula is C22H24F2N8O. The molecule has 0 radical (unpaired) electrons. The number of carbonyl (C=O) groups excluding carboxylic acids is 1. The number of hydrogen-bond acceptors (Lipinski definition) is 8. The smallest absolute Gasteiger partial charge is 0.287 e. The molecular weight excluding hydrogens is 430 g/mol. The van der Waals surface area contributed by atoms with Crippen molar-refractivity contribution in [2.24, 2.45) is 5.84 Å². The molecule has 0 saturated carbocycles. The minimum absolute atomic E-state index is 0.00575. The van der Waals surface area contributed by atoms with E-state index >= 15 is 0 Å². The average Bonchev–Trinajstić information content (AvgIpc) is 2.82. The second kappa shape index (κ2) is 9.76. The van der Waals surface area contributed by atoms with Gasteiger partial charge in [-0.25, -0.2) is 19.6 Å². The molecule has 172 valence electrons. The third-order valence-corrected chi connectivity index (χ3v) is 5.26. The summed E-state index contributed by atoms with van der Waals surface area (Å²) >= 11 is 0. The van der Waals surface area contributed by atoms with Gasteiger partial charge in [0.05, 0.1) is 11.9 Å². The first-order chi connectivity index (χ1) is 15.9. The lowest BCUT2D eigenvalue weighted by Gasteiger charge is -2.34. The molecule has 0 atom stereocenters. The van der Waals surface area contributed by atoms with E-state index < -0.39 is 11.7 Å². The summed E-state index contributed by atoms with van der Waals surface area (Å²) in [5, 5.41) is 3.48. The number of amides is 1. The minimum atomic E-state index is -0.812. The molecule has 1 aliphatic rings. The summed E-state index contributed by atoms with van der Waals surface area (Å²) in [7, 11) is 2.04. The number of benzene rings is 2. The first-order valence-corrected chi connectivity index (χ1v) is 10.3. The predicted octanol–water partition coefficient (Wildman–Crippen LogP) is 2.59. The van der Waals surface area contributed by atoms with Crippen molar-refractivity contribution in [2.45, 2.75) is 0 Å². The molecule has 33 heavy (non-hydrogen) atoms. The number of rotatable bonds is 6. The van der Waals surface area contributed by atoms with E-state index in [-0.39, 0.29) is 17.6 Å². The van der Waals surface area contributed by atoms with Crippen molar-refractivity contribution in [2.75, 3.05) is 48.9 Å². The van der Waals surface area contributed by atoms with Gasteiger partial charge in [0.1, 0.15) is 5.82 Å². The van der Waals surface area contributed by atoms with E-state index in [1.165, 1.54) is 6.07 Å². The monoisotopic (exact) mass is 454 g/mol. The number of anilines is 4. The van der Waals surface area contributed by atoms with Crippen molar-refractivity contribution < 1.29 is 13.6 Å². The zero-order chi connectivity index (χ0) is 23.4. The Kier molecular flexibility index (Phi) is 6.61. The fraction of sp³-hybridized carbons (Fsp3) is 0.227. The molecule has 0 aliphatic carbocycles. The van der Waals surface area contributed by atoms with Gasteiger partial charge in [0.25, 0.3) is 5.91 Å². The summed E-state index contributed by atoms with van der Waals surface area (Å²) < 4.78 is 28.9. The molecule has 2 aromatic carbocycles. The van der Waals surface area contributed by atoms with Crippen molar-refractivity contribution >= 4 is 29.0 Å². The van der Waals surface area contributed by atoms with E-state index in [0.29, 0.717) is 22.1 Å². The average molecular weight is 454 g/mol. The van der Waals surface area contributed by atoms with E-state index in [1.54, 1.807) is 42.5 Å². The largest absolute Gasteiger partial charge is 0.367 e. The predicted molar refractivity (Wildman–Crippen MR) is 122 cm³/mol. The van der Waals surface area contributed by atoms with Gasteiger partial charge < -0.3 is 15.1 Å². The van der Waals surface area contributed by atoms with Crippen LogP contribution in [0.15, 0.2) is 54.7 Å². The van der Waals surface area contributed by atoms with Crippen LogP contribution in [0, 0.1) is 11.6 Å². The van der Waals surface area contributed by atoms with Gasteiger partial charge in [-0.2, -0.15) is 10.1 Å². The number of nitrogens with zero attached hydrogens (tertiary/aromatic N) is 5. The van der Waals surface area contributed by atoms with Gasteiger partial charge in [-0.3, -0.25) is 10.2 Å². The normalized spacial score (nSPS) is 14.1. The Bertz CT molecular complexity index is 1120. The molecule has 3 aromatic rings. The molecule has 1 aromatic heterocycles. The van der Waals surface area contributed by atoms with E-state index in [4.69, 9.17) is 5.84 Å². The molecule has 0 spiro atoms. The Morgan fingerprint density at radius 2 is 1.79 bits per heavy atom. The maximum atomic E-state index is 14.7. The molecule has 1 aliphatic heterocycles. The molecule has 0 unspecified atom stereocenters. The van der Waals surface area contributed by atoms with Crippen molar-refractivity contribution in [3.8, 4) is 0 Å². The first-order valence-electron chi connectivity index (χ1n) is 10.3. The summed E-state index contributed by atoms with van der Waals surface area (Å²) in [6.07, 6.45) is 0.924.